The molecule has 20 heteroatoms. The van der Waals surface area contributed by atoms with Crippen LogP contribution in [0.2, 0.25) is 0 Å². The summed E-state index contributed by atoms with van der Waals surface area (Å²) in [6.45, 7) is 7.85. The summed E-state index contributed by atoms with van der Waals surface area (Å²) in [4.78, 5) is 10.0. The molecule has 0 fully saturated rings. The molecule has 0 bridgehead atoms. The van der Waals surface area contributed by atoms with E-state index in [-0.39, 0.29) is 26.4 Å². The topological polar surface area (TPSA) is 182 Å². The number of carbonyl (C=O) groups is 1. The summed E-state index contributed by atoms with van der Waals surface area (Å²) in [5.41, 5.74) is 5.31. The van der Waals surface area contributed by atoms with Crippen LogP contribution in [0.15, 0.2) is 4.90 Å². The maximum atomic E-state index is 13.9. The normalized spacial score (nSPS) is 12.1. The third kappa shape index (κ3) is 22.5. The Labute approximate surface area is 285 Å². The van der Waals surface area contributed by atoms with Gasteiger partial charge in [0, 0.05) is 6.54 Å². The lowest BCUT2D eigenvalue weighted by atomic mass is 10.3. The lowest BCUT2D eigenvalue weighted by molar-refractivity contribution is -0.136. The molecule has 1 rings (SSSR count). The molecule has 0 heterocycles. The Kier molecular flexibility index (Phi) is 28.4. The van der Waals surface area contributed by atoms with Crippen molar-refractivity contribution in [2.45, 2.75) is 11.3 Å². The molecule has 0 saturated carbocycles. The van der Waals surface area contributed by atoms with Gasteiger partial charge < -0.3 is 62.4 Å². The average molecular weight is 742 g/mol. The number of halogens is 4. The first-order valence-corrected chi connectivity index (χ1v) is 16.6. The summed E-state index contributed by atoms with van der Waals surface area (Å²) in [5, 5.41) is 0. The molecule has 0 saturated heterocycles. The van der Waals surface area contributed by atoms with E-state index in [0.717, 1.165) is 0 Å². The largest absolute Gasteiger partial charge is 0.420 e. The maximum Gasteiger partial charge on any atom is 0.313 e. The molecular weight excluding hydrogens is 694 g/mol. The third-order valence-electron chi connectivity index (χ3n) is 5.63. The monoisotopic (exact) mass is 741 g/mol. The van der Waals surface area contributed by atoms with Gasteiger partial charge in [-0.25, -0.2) is 13.0 Å². The number of rotatable bonds is 34. The van der Waals surface area contributed by atoms with Crippen LogP contribution in [-0.2, 0) is 63.2 Å². The Balaban J connectivity index is 1.81. The Morgan fingerprint density at radius 1 is 0.490 bits per heavy atom. The van der Waals surface area contributed by atoms with E-state index in [2.05, 4.69) is 4.74 Å². The zero-order valence-electron chi connectivity index (χ0n) is 27.3. The molecule has 0 radical (unpaired) electrons. The van der Waals surface area contributed by atoms with Crippen molar-refractivity contribution in [1.82, 2.24) is 0 Å². The van der Waals surface area contributed by atoms with Crippen LogP contribution in [0.1, 0.15) is 6.42 Å². The molecule has 1 unspecified atom stereocenters. The second-order valence-electron chi connectivity index (χ2n) is 9.30. The zero-order chi connectivity index (χ0) is 36.0. The highest BCUT2D eigenvalue weighted by atomic mass is 32.2. The second kappa shape index (κ2) is 30.9. The Hall–Kier alpha value is -1.92. The summed E-state index contributed by atoms with van der Waals surface area (Å²) >= 11 is -3.34. The minimum absolute atomic E-state index is 0.0680. The van der Waals surface area contributed by atoms with Gasteiger partial charge in [-0.2, -0.15) is 8.78 Å². The zero-order valence-corrected chi connectivity index (χ0v) is 28.1. The van der Waals surface area contributed by atoms with E-state index in [1.54, 1.807) is 0 Å². The molecule has 1 aromatic carbocycles. The van der Waals surface area contributed by atoms with E-state index in [4.69, 9.17) is 57.7 Å². The molecule has 0 aliphatic carbocycles. The molecule has 49 heavy (non-hydrogen) atoms. The predicted octanol–water partition coefficient (Wildman–Crippen LogP) is 1.24. The molecule has 0 aliphatic rings. The van der Waals surface area contributed by atoms with Crippen LogP contribution in [0.4, 0.5) is 17.6 Å². The van der Waals surface area contributed by atoms with Crippen LogP contribution in [0.25, 0.3) is 0 Å². The summed E-state index contributed by atoms with van der Waals surface area (Å²) < 4.78 is 132. The fourth-order valence-corrected chi connectivity index (χ4v) is 3.81. The number of hydrogen-bond donors (Lipinski definition) is 2. The summed E-state index contributed by atoms with van der Waals surface area (Å²) in [7, 11) is 0. The van der Waals surface area contributed by atoms with Crippen molar-refractivity contribution < 1.29 is 83.2 Å². The number of hydrogen-bond acceptors (Lipinski definition) is 14. The molecule has 0 amide bonds. The lowest BCUT2D eigenvalue weighted by Crippen LogP contribution is -2.17. The first-order valence-electron chi connectivity index (χ1n) is 15.5. The van der Waals surface area contributed by atoms with Crippen molar-refractivity contribution in [2.24, 2.45) is 5.73 Å². The standard InChI is InChI=1S/C29H47F4NO14S/c30-24-26(32)29(49(36)37)27(33)25(31)28(24)48-23(35)1-3-38-5-7-40-9-11-42-13-15-44-17-19-46-21-22-47-20-18-45-16-14-43-12-10-41-8-6-39-4-2-34/h1-22,34H2,(H,36,37). The molecule has 0 aliphatic heterocycles. The fourth-order valence-electron chi connectivity index (χ4n) is 3.32. The Bertz CT molecular complexity index is 1000. The average Bonchev–Trinajstić information content (AvgIpc) is 3.08. The van der Waals surface area contributed by atoms with Gasteiger partial charge >= 0.3 is 5.97 Å². The van der Waals surface area contributed by atoms with Gasteiger partial charge in [0.25, 0.3) is 0 Å². The molecule has 286 valence electrons. The van der Waals surface area contributed by atoms with Crippen LogP contribution < -0.4 is 10.5 Å². The van der Waals surface area contributed by atoms with Gasteiger partial charge in [-0.3, -0.25) is 4.79 Å². The van der Waals surface area contributed by atoms with Crippen molar-refractivity contribution in [3.8, 4) is 5.75 Å². The summed E-state index contributed by atoms with van der Waals surface area (Å²) in [6.07, 6.45) is -0.504. The van der Waals surface area contributed by atoms with Gasteiger partial charge in [0.05, 0.1) is 139 Å². The molecule has 1 atom stereocenters. The Morgan fingerprint density at radius 3 is 1.02 bits per heavy atom. The van der Waals surface area contributed by atoms with E-state index >= 15 is 0 Å². The van der Waals surface area contributed by atoms with E-state index < -0.39 is 57.4 Å². The number of carbonyl (C=O) groups excluding carboxylic acids is 1. The second-order valence-corrected chi connectivity index (χ2v) is 10.2. The molecule has 1 aromatic rings. The summed E-state index contributed by atoms with van der Waals surface area (Å²) in [6, 6.07) is 0. The van der Waals surface area contributed by atoms with Gasteiger partial charge in [0.1, 0.15) is 4.90 Å². The first kappa shape index (κ1) is 45.1. The van der Waals surface area contributed by atoms with Gasteiger partial charge in [-0.1, -0.05) is 0 Å². The van der Waals surface area contributed by atoms with Gasteiger partial charge in [-0.05, 0) is 0 Å². The van der Waals surface area contributed by atoms with Crippen molar-refractivity contribution in [2.75, 3.05) is 139 Å². The third-order valence-corrected chi connectivity index (χ3v) is 6.34. The van der Waals surface area contributed by atoms with Crippen molar-refractivity contribution >= 4 is 17.0 Å². The lowest BCUT2D eigenvalue weighted by Gasteiger charge is -2.10. The quantitative estimate of drug-likeness (QED) is 0.0257. The molecule has 0 spiro atoms. The smallest absolute Gasteiger partial charge is 0.313 e. The van der Waals surface area contributed by atoms with Crippen LogP contribution in [0.3, 0.4) is 0 Å². The number of nitrogens with two attached hydrogens (primary N) is 1. The highest BCUT2D eigenvalue weighted by Crippen LogP contribution is 2.31. The van der Waals surface area contributed by atoms with Gasteiger partial charge in [0.15, 0.2) is 22.7 Å². The Morgan fingerprint density at radius 2 is 0.755 bits per heavy atom. The van der Waals surface area contributed by atoms with Crippen LogP contribution in [0, 0.1) is 23.3 Å². The fraction of sp³-hybridized carbons (Fsp3) is 0.759. The minimum Gasteiger partial charge on any atom is -0.420 e. The molecule has 0 aromatic heterocycles. The van der Waals surface area contributed by atoms with Crippen LogP contribution >= 0.6 is 0 Å². The van der Waals surface area contributed by atoms with Crippen LogP contribution in [0.5, 0.6) is 5.75 Å². The predicted molar refractivity (Wildman–Crippen MR) is 163 cm³/mol. The highest BCUT2D eigenvalue weighted by Gasteiger charge is 2.30. The number of esters is 1. The molecule has 15 nitrogen and oxygen atoms in total. The molecule has 3 N–H and O–H groups in total. The van der Waals surface area contributed by atoms with Gasteiger partial charge in [-0.15, -0.1) is 0 Å². The number of benzene rings is 1. The van der Waals surface area contributed by atoms with Crippen molar-refractivity contribution in [3.63, 3.8) is 0 Å². The van der Waals surface area contributed by atoms with E-state index in [9.17, 15) is 26.6 Å². The van der Waals surface area contributed by atoms with Crippen LogP contribution in [-0.4, -0.2) is 153 Å². The van der Waals surface area contributed by atoms with E-state index in [1.807, 2.05) is 0 Å². The SMILES string of the molecule is NCCOCCOCCOCCOCCOCCOCCOCCOCCOCCOCCC(=O)Oc1c(F)c(F)c(S(=O)O)c(F)c1F. The molecular formula is C29H47F4NO14S. The van der Waals surface area contributed by atoms with E-state index in [0.29, 0.717) is 112 Å². The minimum atomic E-state index is -3.34. The number of ether oxygens (including phenoxy) is 11. The first-order chi connectivity index (χ1) is 23.8. The maximum absolute atomic E-state index is 13.9. The van der Waals surface area contributed by atoms with Gasteiger partial charge in [0.2, 0.25) is 17.4 Å². The van der Waals surface area contributed by atoms with E-state index in [1.165, 1.54) is 0 Å². The van der Waals surface area contributed by atoms with Crippen molar-refractivity contribution in [3.05, 3.63) is 23.3 Å². The summed E-state index contributed by atoms with van der Waals surface area (Å²) in [5.74, 6) is -11.4. The highest BCUT2D eigenvalue weighted by molar-refractivity contribution is 7.79. The van der Waals surface area contributed by atoms with Crippen molar-refractivity contribution in [1.29, 1.82) is 0 Å².